The molecule has 1 atom stereocenters. The van der Waals surface area contributed by atoms with E-state index < -0.39 is 4.92 Å². The first-order valence-corrected chi connectivity index (χ1v) is 5.97. The average molecular weight is 261 g/mol. The number of aromatic nitrogens is 1. The summed E-state index contributed by atoms with van der Waals surface area (Å²) in [6.45, 7) is 3.63. The fourth-order valence-electron chi connectivity index (χ4n) is 1.86. The maximum Gasteiger partial charge on any atom is 0.290 e. The van der Waals surface area contributed by atoms with Crippen molar-refractivity contribution in [2.75, 3.05) is 5.32 Å². The van der Waals surface area contributed by atoms with Crippen LogP contribution in [0.25, 0.3) is 0 Å². The Morgan fingerprint density at radius 2 is 2.26 bits per heavy atom. The van der Waals surface area contributed by atoms with Gasteiger partial charge < -0.3 is 9.73 Å². The maximum atomic E-state index is 10.7. The van der Waals surface area contributed by atoms with E-state index in [1.807, 2.05) is 19.1 Å². The first-order valence-electron chi connectivity index (χ1n) is 5.97. The second-order valence-corrected chi connectivity index (χ2v) is 4.39. The Morgan fingerprint density at radius 1 is 1.47 bits per heavy atom. The Morgan fingerprint density at radius 3 is 2.84 bits per heavy atom. The number of anilines is 1. The predicted molar refractivity (Wildman–Crippen MR) is 71.1 cm³/mol. The lowest BCUT2D eigenvalue weighted by Gasteiger charge is -2.13. The lowest BCUT2D eigenvalue weighted by molar-refractivity contribution is -0.385. The highest BCUT2D eigenvalue weighted by molar-refractivity contribution is 5.45. The molecule has 0 aliphatic heterocycles. The molecule has 0 unspecified atom stereocenters. The van der Waals surface area contributed by atoms with Crippen molar-refractivity contribution in [1.29, 1.82) is 0 Å². The number of furan rings is 1. The average Bonchev–Trinajstić information content (AvgIpc) is 2.81. The lowest BCUT2D eigenvalue weighted by Crippen LogP contribution is -2.18. The van der Waals surface area contributed by atoms with Gasteiger partial charge in [-0.3, -0.25) is 10.1 Å². The quantitative estimate of drug-likeness (QED) is 0.661. The number of hydrogen-bond acceptors (Lipinski definition) is 5. The van der Waals surface area contributed by atoms with E-state index in [-0.39, 0.29) is 11.7 Å². The molecule has 0 bridgehead atoms. The van der Waals surface area contributed by atoms with Crippen molar-refractivity contribution in [1.82, 2.24) is 4.98 Å². The predicted octanol–water partition coefficient (Wildman–Crippen LogP) is 2.93. The summed E-state index contributed by atoms with van der Waals surface area (Å²) in [7, 11) is 0. The third-order valence-electron chi connectivity index (χ3n) is 2.74. The molecule has 2 aromatic rings. The van der Waals surface area contributed by atoms with Crippen LogP contribution in [0, 0.1) is 17.0 Å². The van der Waals surface area contributed by atoms with E-state index in [1.165, 1.54) is 6.07 Å². The van der Waals surface area contributed by atoms with Crippen LogP contribution >= 0.6 is 0 Å². The van der Waals surface area contributed by atoms with E-state index in [4.69, 9.17) is 4.42 Å². The van der Waals surface area contributed by atoms with Gasteiger partial charge in [0.2, 0.25) is 0 Å². The molecule has 0 fully saturated rings. The van der Waals surface area contributed by atoms with Crippen molar-refractivity contribution in [2.45, 2.75) is 26.3 Å². The monoisotopic (exact) mass is 261 g/mol. The van der Waals surface area contributed by atoms with Gasteiger partial charge in [0.1, 0.15) is 17.3 Å². The maximum absolute atomic E-state index is 10.7. The summed E-state index contributed by atoms with van der Waals surface area (Å²) in [6, 6.07) is 6.95. The molecule has 0 aliphatic rings. The fourth-order valence-corrected chi connectivity index (χ4v) is 1.86. The molecule has 0 saturated heterocycles. The third kappa shape index (κ3) is 3.31. The summed E-state index contributed by atoms with van der Waals surface area (Å²) in [6.07, 6.45) is 2.36. The summed E-state index contributed by atoms with van der Waals surface area (Å²) < 4.78 is 5.27. The highest BCUT2D eigenvalue weighted by Gasteiger charge is 2.13. The summed E-state index contributed by atoms with van der Waals surface area (Å²) in [5.74, 6) is 1.51. The van der Waals surface area contributed by atoms with Crippen molar-refractivity contribution in [3.05, 3.63) is 52.1 Å². The van der Waals surface area contributed by atoms with E-state index in [9.17, 15) is 10.1 Å². The molecule has 0 amide bonds. The van der Waals surface area contributed by atoms with Gasteiger partial charge in [-0.1, -0.05) is 0 Å². The Hall–Kier alpha value is -2.37. The van der Waals surface area contributed by atoms with Crippen LogP contribution in [-0.2, 0) is 6.42 Å². The second-order valence-electron chi connectivity index (χ2n) is 4.39. The Labute approximate surface area is 110 Å². The molecule has 100 valence electrons. The molecule has 0 aliphatic carbocycles. The zero-order valence-electron chi connectivity index (χ0n) is 10.8. The minimum absolute atomic E-state index is 0.0317. The Balaban J connectivity index is 2.03. The van der Waals surface area contributed by atoms with Crippen LogP contribution in [0.1, 0.15) is 18.4 Å². The second kappa shape index (κ2) is 5.51. The zero-order chi connectivity index (χ0) is 13.8. The van der Waals surface area contributed by atoms with Crippen LogP contribution in [0.2, 0.25) is 0 Å². The van der Waals surface area contributed by atoms with Gasteiger partial charge in [-0.15, -0.1) is 0 Å². The molecule has 0 radical (unpaired) electrons. The van der Waals surface area contributed by atoms with Gasteiger partial charge in [0.15, 0.2) is 0 Å². The summed E-state index contributed by atoms with van der Waals surface area (Å²) in [5, 5.41) is 13.9. The van der Waals surface area contributed by atoms with Gasteiger partial charge in [-0.2, -0.15) is 0 Å². The minimum atomic E-state index is -0.432. The topological polar surface area (TPSA) is 81.2 Å². The van der Waals surface area contributed by atoms with Crippen molar-refractivity contribution < 1.29 is 9.34 Å². The molecule has 1 N–H and O–H groups in total. The van der Waals surface area contributed by atoms with E-state index in [0.717, 1.165) is 12.2 Å². The van der Waals surface area contributed by atoms with Crippen molar-refractivity contribution >= 4 is 11.5 Å². The molecule has 0 spiro atoms. The van der Waals surface area contributed by atoms with Gasteiger partial charge in [0.25, 0.3) is 5.69 Å². The number of aryl methyl sites for hydroxylation is 1. The van der Waals surface area contributed by atoms with Gasteiger partial charge >= 0.3 is 0 Å². The highest BCUT2D eigenvalue weighted by atomic mass is 16.6. The Kier molecular flexibility index (Phi) is 3.79. The molecule has 2 aromatic heterocycles. The number of nitro groups is 1. The minimum Gasteiger partial charge on any atom is -0.469 e. The van der Waals surface area contributed by atoms with E-state index in [2.05, 4.69) is 10.3 Å². The van der Waals surface area contributed by atoms with Crippen LogP contribution in [0.15, 0.2) is 34.9 Å². The smallest absolute Gasteiger partial charge is 0.290 e. The molecular weight excluding hydrogens is 246 g/mol. The van der Waals surface area contributed by atoms with Crippen LogP contribution in [0.4, 0.5) is 11.5 Å². The molecule has 2 rings (SSSR count). The number of rotatable bonds is 5. The first-order chi connectivity index (χ1) is 9.06. The third-order valence-corrected chi connectivity index (χ3v) is 2.74. The summed E-state index contributed by atoms with van der Waals surface area (Å²) in [5.41, 5.74) is 0.435. The number of nitrogens with one attached hydrogen (secondary N) is 1. The van der Waals surface area contributed by atoms with Crippen molar-refractivity contribution in [2.24, 2.45) is 0 Å². The molecular formula is C13H15N3O3. The standard InChI is InChI=1S/C13H15N3O3/c1-9(8-11-4-3-7-19-11)14-13-6-5-12(16(17)18)10(2)15-13/h3-7,9H,8H2,1-2H3,(H,14,15)/t9-/m1/s1. The molecule has 19 heavy (non-hydrogen) atoms. The van der Waals surface area contributed by atoms with Crippen molar-refractivity contribution in [3.8, 4) is 0 Å². The Bertz CT molecular complexity index is 567. The largest absolute Gasteiger partial charge is 0.469 e. The van der Waals surface area contributed by atoms with Gasteiger partial charge in [-0.25, -0.2) is 4.98 Å². The summed E-state index contributed by atoms with van der Waals surface area (Å²) in [4.78, 5) is 14.4. The van der Waals surface area contributed by atoms with Crippen LogP contribution < -0.4 is 5.32 Å². The van der Waals surface area contributed by atoms with Gasteiger partial charge in [0.05, 0.1) is 11.2 Å². The molecule has 0 aromatic carbocycles. The fraction of sp³-hybridized carbons (Fsp3) is 0.308. The molecule has 0 saturated carbocycles. The van der Waals surface area contributed by atoms with E-state index in [1.54, 1.807) is 19.3 Å². The number of hydrogen-bond donors (Lipinski definition) is 1. The van der Waals surface area contributed by atoms with Gasteiger partial charge in [-0.05, 0) is 32.0 Å². The van der Waals surface area contributed by atoms with Gasteiger partial charge in [0, 0.05) is 18.5 Å². The number of pyridine rings is 1. The molecule has 6 nitrogen and oxygen atoms in total. The lowest BCUT2D eigenvalue weighted by atomic mass is 10.2. The van der Waals surface area contributed by atoms with Crippen LogP contribution in [-0.4, -0.2) is 15.9 Å². The number of nitrogens with zero attached hydrogens (tertiary/aromatic N) is 2. The first kappa shape index (κ1) is 13.1. The SMILES string of the molecule is Cc1nc(N[C@H](C)Cc2ccco2)ccc1[N+](=O)[O-]. The van der Waals surface area contributed by atoms with Crippen LogP contribution in [0.3, 0.4) is 0 Å². The normalized spacial score (nSPS) is 12.1. The summed E-state index contributed by atoms with van der Waals surface area (Å²) >= 11 is 0. The van der Waals surface area contributed by atoms with Crippen molar-refractivity contribution in [3.63, 3.8) is 0 Å². The zero-order valence-corrected chi connectivity index (χ0v) is 10.8. The van der Waals surface area contributed by atoms with E-state index >= 15 is 0 Å². The van der Waals surface area contributed by atoms with Crippen LogP contribution in [0.5, 0.6) is 0 Å². The van der Waals surface area contributed by atoms with E-state index in [0.29, 0.717) is 11.5 Å². The molecule has 6 heteroatoms. The highest BCUT2D eigenvalue weighted by Crippen LogP contribution is 2.18. The molecule has 2 heterocycles.